The second kappa shape index (κ2) is 12.0. The van der Waals surface area contributed by atoms with E-state index in [1.807, 2.05) is 69.3 Å². The van der Waals surface area contributed by atoms with Crippen LogP contribution in [0.4, 0.5) is 0 Å². The Hall–Kier alpha value is -3.61. The van der Waals surface area contributed by atoms with Crippen LogP contribution in [0.2, 0.25) is 0 Å². The SMILES string of the molecule is Cc1oc(-c2ccccc2)nc1CCOc1ccc(CCC(=O)O)c(CNC(=O)CC(C)C)c1. The summed E-state index contributed by atoms with van der Waals surface area (Å²) in [5, 5.41) is 12.0. The lowest BCUT2D eigenvalue weighted by molar-refractivity contribution is -0.137. The summed E-state index contributed by atoms with van der Waals surface area (Å²) in [5.41, 5.74) is 3.52. The average Bonchev–Trinajstić information content (AvgIpc) is 3.17. The molecule has 2 aromatic carbocycles. The largest absolute Gasteiger partial charge is 0.493 e. The van der Waals surface area contributed by atoms with E-state index in [1.54, 1.807) is 0 Å². The van der Waals surface area contributed by atoms with Crippen LogP contribution in [0.15, 0.2) is 52.9 Å². The molecule has 7 heteroatoms. The first-order valence-electron chi connectivity index (χ1n) is 11.6. The maximum Gasteiger partial charge on any atom is 0.303 e. The zero-order chi connectivity index (χ0) is 24.5. The van der Waals surface area contributed by atoms with E-state index in [4.69, 9.17) is 14.3 Å². The Labute approximate surface area is 200 Å². The summed E-state index contributed by atoms with van der Waals surface area (Å²) in [6, 6.07) is 15.3. The van der Waals surface area contributed by atoms with Crippen molar-refractivity contribution < 1.29 is 23.8 Å². The maximum atomic E-state index is 12.1. The Kier molecular flexibility index (Phi) is 8.85. The van der Waals surface area contributed by atoms with Crippen LogP contribution < -0.4 is 10.1 Å². The van der Waals surface area contributed by atoms with Gasteiger partial charge in [-0.3, -0.25) is 9.59 Å². The second-order valence-electron chi connectivity index (χ2n) is 8.69. The molecule has 0 bridgehead atoms. The third-order valence-electron chi connectivity index (χ3n) is 5.38. The third kappa shape index (κ3) is 7.47. The Balaban J connectivity index is 1.64. The minimum absolute atomic E-state index is 0.0266. The summed E-state index contributed by atoms with van der Waals surface area (Å²) in [7, 11) is 0. The van der Waals surface area contributed by atoms with Gasteiger partial charge in [0, 0.05) is 31.4 Å². The third-order valence-corrected chi connectivity index (χ3v) is 5.38. The van der Waals surface area contributed by atoms with Gasteiger partial charge in [-0.2, -0.15) is 0 Å². The monoisotopic (exact) mass is 464 g/mol. The van der Waals surface area contributed by atoms with Crippen molar-refractivity contribution in [2.24, 2.45) is 5.92 Å². The normalized spacial score (nSPS) is 10.9. The summed E-state index contributed by atoms with van der Waals surface area (Å²) in [6.07, 6.45) is 1.46. The predicted molar refractivity (Wildman–Crippen MR) is 130 cm³/mol. The van der Waals surface area contributed by atoms with Crippen LogP contribution in [-0.2, 0) is 29.0 Å². The van der Waals surface area contributed by atoms with E-state index in [2.05, 4.69) is 10.3 Å². The number of amides is 1. The number of nitrogens with one attached hydrogen (secondary N) is 1. The first-order chi connectivity index (χ1) is 16.3. The van der Waals surface area contributed by atoms with Crippen molar-refractivity contribution in [2.45, 2.75) is 53.0 Å². The molecule has 0 radical (unpaired) electrons. The van der Waals surface area contributed by atoms with E-state index in [0.29, 0.717) is 44.1 Å². The van der Waals surface area contributed by atoms with Crippen LogP contribution in [-0.4, -0.2) is 28.6 Å². The Morgan fingerprint density at radius 2 is 1.85 bits per heavy atom. The van der Waals surface area contributed by atoms with Gasteiger partial charge in [0.25, 0.3) is 0 Å². The van der Waals surface area contributed by atoms with Gasteiger partial charge >= 0.3 is 5.97 Å². The molecule has 7 nitrogen and oxygen atoms in total. The molecule has 1 amide bonds. The van der Waals surface area contributed by atoms with Crippen LogP contribution in [0, 0.1) is 12.8 Å². The molecule has 0 saturated carbocycles. The molecular formula is C27H32N2O5. The number of aromatic nitrogens is 1. The number of ether oxygens (including phenoxy) is 1. The highest BCUT2D eigenvalue weighted by atomic mass is 16.5. The van der Waals surface area contributed by atoms with E-state index in [9.17, 15) is 9.59 Å². The van der Waals surface area contributed by atoms with Crippen LogP contribution in [0.5, 0.6) is 5.75 Å². The van der Waals surface area contributed by atoms with E-state index in [0.717, 1.165) is 28.1 Å². The standard InChI is InChI=1S/C27H32N2O5/c1-18(2)15-25(30)28-17-22-16-23(11-9-20(22)10-12-26(31)32)33-14-13-24-19(3)34-27(29-24)21-7-5-4-6-8-21/h4-9,11,16,18H,10,12-15,17H2,1-3H3,(H,28,30)(H,31,32). The van der Waals surface area contributed by atoms with Gasteiger partial charge in [0.05, 0.1) is 12.3 Å². The number of carboxylic acid groups (broad SMARTS) is 1. The number of rotatable bonds is 12. The van der Waals surface area contributed by atoms with E-state index >= 15 is 0 Å². The summed E-state index contributed by atoms with van der Waals surface area (Å²) >= 11 is 0. The van der Waals surface area contributed by atoms with Crippen molar-refractivity contribution in [1.82, 2.24) is 10.3 Å². The molecule has 0 saturated heterocycles. The van der Waals surface area contributed by atoms with Crippen molar-refractivity contribution in [3.63, 3.8) is 0 Å². The highest BCUT2D eigenvalue weighted by Gasteiger charge is 2.13. The molecule has 0 aliphatic carbocycles. The average molecular weight is 465 g/mol. The molecule has 180 valence electrons. The fourth-order valence-corrected chi connectivity index (χ4v) is 3.61. The number of aliphatic carboxylic acids is 1. The highest BCUT2D eigenvalue weighted by molar-refractivity contribution is 5.76. The zero-order valence-electron chi connectivity index (χ0n) is 20.0. The van der Waals surface area contributed by atoms with Crippen molar-refractivity contribution in [3.8, 4) is 17.2 Å². The molecule has 3 rings (SSSR count). The number of hydrogen-bond donors (Lipinski definition) is 2. The lowest BCUT2D eigenvalue weighted by Crippen LogP contribution is -2.24. The molecule has 1 heterocycles. The molecule has 3 aromatic rings. The number of aryl methyl sites for hydroxylation is 2. The topological polar surface area (TPSA) is 102 Å². The van der Waals surface area contributed by atoms with Crippen LogP contribution in [0.1, 0.15) is 49.3 Å². The molecule has 34 heavy (non-hydrogen) atoms. The number of nitrogens with zero attached hydrogens (tertiary/aromatic N) is 1. The van der Waals surface area contributed by atoms with Gasteiger partial charge in [-0.25, -0.2) is 4.98 Å². The Morgan fingerprint density at radius 1 is 1.09 bits per heavy atom. The molecule has 0 unspecified atom stereocenters. The van der Waals surface area contributed by atoms with Crippen LogP contribution in [0.25, 0.3) is 11.5 Å². The van der Waals surface area contributed by atoms with E-state index in [1.165, 1.54) is 0 Å². The fraction of sp³-hybridized carbons (Fsp3) is 0.370. The number of oxazole rings is 1. The number of hydrogen-bond acceptors (Lipinski definition) is 5. The van der Waals surface area contributed by atoms with Crippen molar-refractivity contribution in [2.75, 3.05) is 6.61 Å². The number of benzene rings is 2. The van der Waals surface area contributed by atoms with Gasteiger partial charge in [-0.1, -0.05) is 38.1 Å². The second-order valence-corrected chi connectivity index (χ2v) is 8.69. The summed E-state index contributed by atoms with van der Waals surface area (Å²) < 4.78 is 11.8. The molecule has 0 spiro atoms. The van der Waals surface area contributed by atoms with Gasteiger partial charge in [0.2, 0.25) is 11.8 Å². The molecule has 2 N–H and O–H groups in total. The van der Waals surface area contributed by atoms with Crippen molar-refractivity contribution in [1.29, 1.82) is 0 Å². The lowest BCUT2D eigenvalue weighted by Gasteiger charge is -2.14. The summed E-state index contributed by atoms with van der Waals surface area (Å²) in [4.78, 5) is 27.7. The van der Waals surface area contributed by atoms with Crippen LogP contribution in [0.3, 0.4) is 0 Å². The van der Waals surface area contributed by atoms with Crippen LogP contribution >= 0.6 is 0 Å². The van der Waals surface area contributed by atoms with Gasteiger partial charge in [0.15, 0.2) is 0 Å². The molecule has 0 atom stereocenters. The van der Waals surface area contributed by atoms with Crippen molar-refractivity contribution >= 4 is 11.9 Å². The number of carbonyl (C=O) groups is 2. The smallest absolute Gasteiger partial charge is 0.303 e. The quantitative estimate of drug-likeness (QED) is 0.393. The lowest BCUT2D eigenvalue weighted by atomic mass is 10.0. The minimum Gasteiger partial charge on any atom is -0.493 e. The number of carboxylic acids is 1. The van der Waals surface area contributed by atoms with Gasteiger partial charge in [0.1, 0.15) is 11.5 Å². The Bertz CT molecular complexity index is 1110. The fourth-order valence-electron chi connectivity index (χ4n) is 3.61. The molecular weight excluding hydrogens is 432 g/mol. The first kappa shape index (κ1) is 25.0. The minimum atomic E-state index is -0.854. The molecule has 1 aromatic heterocycles. The summed E-state index contributed by atoms with van der Waals surface area (Å²) in [6.45, 7) is 6.62. The zero-order valence-corrected chi connectivity index (χ0v) is 20.0. The summed E-state index contributed by atoms with van der Waals surface area (Å²) in [5.74, 6) is 1.41. The molecule has 0 aliphatic rings. The van der Waals surface area contributed by atoms with E-state index < -0.39 is 5.97 Å². The van der Waals surface area contributed by atoms with Gasteiger partial charge in [-0.15, -0.1) is 0 Å². The van der Waals surface area contributed by atoms with Gasteiger partial charge < -0.3 is 19.6 Å². The highest BCUT2D eigenvalue weighted by Crippen LogP contribution is 2.23. The predicted octanol–water partition coefficient (Wildman–Crippen LogP) is 4.95. The van der Waals surface area contributed by atoms with Crippen molar-refractivity contribution in [3.05, 3.63) is 71.1 Å². The molecule has 0 aliphatic heterocycles. The first-order valence-corrected chi connectivity index (χ1v) is 11.6. The van der Waals surface area contributed by atoms with E-state index in [-0.39, 0.29) is 18.2 Å². The maximum absolute atomic E-state index is 12.1. The molecule has 0 fully saturated rings. The number of carbonyl (C=O) groups excluding carboxylic acids is 1. The van der Waals surface area contributed by atoms with Gasteiger partial charge in [-0.05, 0) is 54.7 Å². The Morgan fingerprint density at radius 3 is 2.56 bits per heavy atom.